The van der Waals surface area contributed by atoms with Gasteiger partial charge in [0.2, 0.25) is 0 Å². The second-order valence-electron chi connectivity index (χ2n) is 4.42. The summed E-state index contributed by atoms with van der Waals surface area (Å²) in [5.74, 6) is 5.32. The lowest BCUT2D eigenvalue weighted by atomic mass is 10.0. The zero-order valence-electron chi connectivity index (χ0n) is 10.0. The molecule has 0 saturated carbocycles. The first-order valence-electron chi connectivity index (χ1n) is 5.96. The van der Waals surface area contributed by atoms with Crippen LogP contribution in [0.15, 0.2) is 18.3 Å². The van der Waals surface area contributed by atoms with Crippen LogP contribution in [0.3, 0.4) is 0 Å². The summed E-state index contributed by atoms with van der Waals surface area (Å²) in [4.78, 5) is 18.3. The average Bonchev–Trinajstić information content (AvgIpc) is 2.38. The van der Waals surface area contributed by atoms with Crippen molar-refractivity contribution in [1.82, 2.24) is 9.88 Å². The number of carbonyl (C=O) groups is 1. The predicted molar refractivity (Wildman–Crippen MR) is 66.4 cm³/mol. The molecule has 92 valence electrons. The molecule has 5 nitrogen and oxygen atoms in total. The van der Waals surface area contributed by atoms with Crippen molar-refractivity contribution in [2.24, 2.45) is 5.84 Å². The highest BCUT2D eigenvalue weighted by Gasteiger charge is 2.24. The molecular weight excluding hydrogens is 216 g/mol. The normalized spacial score (nSPS) is 20.1. The minimum absolute atomic E-state index is 0.00528. The molecule has 1 aliphatic heterocycles. The molecule has 2 heterocycles. The molecule has 0 bridgehead atoms. The molecule has 0 aromatic carbocycles. The Morgan fingerprint density at radius 1 is 1.59 bits per heavy atom. The molecule has 17 heavy (non-hydrogen) atoms. The number of aromatic nitrogens is 1. The van der Waals surface area contributed by atoms with E-state index in [1.807, 2.05) is 4.90 Å². The number of nitrogens with zero attached hydrogens (tertiary/aromatic N) is 2. The molecule has 2 rings (SSSR count). The van der Waals surface area contributed by atoms with E-state index in [1.165, 1.54) is 6.42 Å². The van der Waals surface area contributed by atoms with Crippen molar-refractivity contribution < 1.29 is 4.79 Å². The summed E-state index contributed by atoms with van der Waals surface area (Å²) in [6.45, 7) is 2.91. The minimum atomic E-state index is -0.00528. The van der Waals surface area contributed by atoms with Crippen LogP contribution in [0, 0.1) is 0 Å². The first-order valence-corrected chi connectivity index (χ1v) is 5.96. The number of amides is 1. The van der Waals surface area contributed by atoms with Crippen molar-refractivity contribution in [3.05, 3.63) is 24.0 Å². The van der Waals surface area contributed by atoms with Crippen LogP contribution in [0.2, 0.25) is 0 Å². The molecule has 1 atom stereocenters. The molecule has 1 saturated heterocycles. The molecule has 1 aromatic heterocycles. The zero-order valence-corrected chi connectivity index (χ0v) is 10.0. The zero-order chi connectivity index (χ0) is 12.3. The molecule has 0 aliphatic carbocycles. The van der Waals surface area contributed by atoms with Gasteiger partial charge in [-0.15, -0.1) is 0 Å². The number of likely N-dealkylation sites (tertiary alicyclic amines) is 1. The highest BCUT2D eigenvalue weighted by atomic mass is 16.2. The molecule has 1 aliphatic rings. The summed E-state index contributed by atoms with van der Waals surface area (Å²) in [7, 11) is 0. The lowest BCUT2D eigenvalue weighted by molar-refractivity contribution is 0.0629. The number of carbonyl (C=O) groups excluding carboxylic acids is 1. The number of nitrogens with two attached hydrogens (primary N) is 1. The van der Waals surface area contributed by atoms with Gasteiger partial charge in [0.1, 0.15) is 5.69 Å². The van der Waals surface area contributed by atoms with Crippen LogP contribution >= 0.6 is 0 Å². The Bertz CT molecular complexity index is 407. The summed E-state index contributed by atoms with van der Waals surface area (Å²) in [6, 6.07) is 3.72. The van der Waals surface area contributed by atoms with Crippen molar-refractivity contribution in [3.63, 3.8) is 0 Å². The van der Waals surface area contributed by atoms with Crippen LogP contribution < -0.4 is 11.3 Å². The Hall–Kier alpha value is -1.62. The number of anilines is 1. The molecule has 1 aromatic rings. The van der Waals surface area contributed by atoms with Gasteiger partial charge in [-0.2, -0.15) is 0 Å². The van der Waals surface area contributed by atoms with E-state index in [2.05, 4.69) is 17.3 Å². The first-order chi connectivity index (χ1) is 8.22. The number of piperidine rings is 1. The Kier molecular flexibility index (Phi) is 3.58. The third-order valence-electron chi connectivity index (χ3n) is 3.21. The minimum Gasteiger partial charge on any atom is -0.335 e. The summed E-state index contributed by atoms with van der Waals surface area (Å²) >= 11 is 0. The number of hydrogen-bond donors (Lipinski definition) is 2. The molecular formula is C12H18N4O. The van der Waals surface area contributed by atoms with Crippen LogP contribution in [-0.4, -0.2) is 28.4 Å². The van der Waals surface area contributed by atoms with E-state index >= 15 is 0 Å². The SMILES string of the molecule is CC1CCCCN1C(=O)c1cc(NN)ccn1. The summed E-state index contributed by atoms with van der Waals surface area (Å²) in [5.41, 5.74) is 3.68. The lowest BCUT2D eigenvalue weighted by Gasteiger charge is -2.33. The van der Waals surface area contributed by atoms with Crippen LogP contribution in [-0.2, 0) is 0 Å². The summed E-state index contributed by atoms with van der Waals surface area (Å²) in [5, 5.41) is 0. The second kappa shape index (κ2) is 5.14. The van der Waals surface area contributed by atoms with Crippen molar-refractivity contribution in [2.45, 2.75) is 32.2 Å². The lowest BCUT2D eigenvalue weighted by Crippen LogP contribution is -2.42. The number of nitrogens with one attached hydrogen (secondary N) is 1. The topological polar surface area (TPSA) is 71.2 Å². The van der Waals surface area contributed by atoms with Crippen LogP contribution in [0.25, 0.3) is 0 Å². The molecule has 1 unspecified atom stereocenters. The van der Waals surface area contributed by atoms with Gasteiger partial charge < -0.3 is 10.3 Å². The van der Waals surface area contributed by atoms with Gasteiger partial charge in [-0.1, -0.05) is 0 Å². The third-order valence-corrected chi connectivity index (χ3v) is 3.21. The Morgan fingerprint density at radius 2 is 2.41 bits per heavy atom. The number of hydrazine groups is 1. The van der Waals surface area contributed by atoms with E-state index in [9.17, 15) is 4.79 Å². The third kappa shape index (κ3) is 2.55. The maximum atomic E-state index is 12.3. The van der Waals surface area contributed by atoms with Gasteiger partial charge in [0.15, 0.2) is 0 Å². The highest BCUT2D eigenvalue weighted by molar-refractivity contribution is 5.93. The van der Waals surface area contributed by atoms with E-state index in [0.29, 0.717) is 17.4 Å². The molecule has 5 heteroatoms. The fraction of sp³-hybridized carbons (Fsp3) is 0.500. The fourth-order valence-electron chi connectivity index (χ4n) is 2.18. The molecule has 0 spiro atoms. The van der Waals surface area contributed by atoms with Crippen LogP contribution in [0.4, 0.5) is 5.69 Å². The number of hydrogen-bond acceptors (Lipinski definition) is 4. The van der Waals surface area contributed by atoms with Gasteiger partial charge in [0.25, 0.3) is 5.91 Å². The second-order valence-corrected chi connectivity index (χ2v) is 4.42. The van der Waals surface area contributed by atoms with Crippen molar-refractivity contribution in [2.75, 3.05) is 12.0 Å². The van der Waals surface area contributed by atoms with Crippen LogP contribution in [0.1, 0.15) is 36.7 Å². The van der Waals surface area contributed by atoms with Gasteiger partial charge in [-0.3, -0.25) is 15.6 Å². The molecule has 1 fully saturated rings. The predicted octanol–water partition coefficient (Wildman–Crippen LogP) is 1.38. The van der Waals surface area contributed by atoms with Crippen molar-refractivity contribution in [3.8, 4) is 0 Å². The van der Waals surface area contributed by atoms with Crippen LogP contribution in [0.5, 0.6) is 0 Å². The monoisotopic (exact) mass is 234 g/mol. The highest BCUT2D eigenvalue weighted by Crippen LogP contribution is 2.19. The quantitative estimate of drug-likeness (QED) is 0.599. The van der Waals surface area contributed by atoms with Crippen molar-refractivity contribution in [1.29, 1.82) is 0 Å². The van der Waals surface area contributed by atoms with E-state index in [0.717, 1.165) is 19.4 Å². The van der Waals surface area contributed by atoms with Gasteiger partial charge in [-0.05, 0) is 38.3 Å². The fourth-order valence-corrected chi connectivity index (χ4v) is 2.18. The molecule has 3 N–H and O–H groups in total. The van der Waals surface area contributed by atoms with Crippen molar-refractivity contribution >= 4 is 11.6 Å². The average molecular weight is 234 g/mol. The molecule has 1 amide bonds. The smallest absolute Gasteiger partial charge is 0.272 e. The van der Waals surface area contributed by atoms with Gasteiger partial charge in [-0.25, -0.2) is 0 Å². The largest absolute Gasteiger partial charge is 0.335 e. The maximum absolute atomic E-state index is 12.3. The summed E-state index contributed by atoms with van der Waals surface area (Å²) < 4.78 is 0. The summed E-state index contributed by atoms with van der Waals surface area (Å²) in [6.07, 6.45) is 4.94. The Morgan fingerprint density at radius 3 is 3.12 bits per heavy atom. The van der Waals surface area contributed by atoms with Gasteiger partial charge in [0, 0.05) is 18.8 Å². The number of pyridine rings is 1. The molecule has 0 radical (unpaired) electrons. The van der Waals surface area contributed by atoms with E-state index in [-0.39, 0.29) is 5.91 Å². The number of rotatable bonds is 2. The van der Waals surface area contributed by atoms with Gasteiger partial charge in [0.05, 0.1) is 5.69 Å². The van der Waals surface area contributed by atoms with E-state index < -0.39 is 0 Å². The number of nitrogen functional groups attached to an aromatic ring is 1. The van der Waals surface area contributed by atoms with E-state index in [4.69, 9.17) is 5.84 Å². The van der Waals surface area contributed by atoms with Gasteiger partial charge >= 0.3 is 0 Å². The Labute approximate surface area is 101 Å². The Balaban J connectivity index is 2.17. The van der Waals surface area contributed by atoms with E-state index in [1.54, 1.807) is 18.3 Å². The maximum Gasteiger partial charge on any atom is 0.272 e. The standard InChI is InChI=1S/C12H18N4O/c1-9-4-2-3-7-16(9)12(17)11-8-10(15-13)5-6-14-11/h5-6,8-9H,2-4,7,13H2,1H3,(H,14,15). The first kappa shape index (κ1) is 11.9.